The zero-order chi connectivity index (χ0) is 4.00. The van der Waals surface area contributed by atoms with E-state index in [4.69, 9.17) is 5.11 Å². The van der Waals surface area contributed by atoms with Gasteiger partial charge in [-0.05, 0) is 0 Å². The fourth-order valence-electron chi connectivity index (χ4n) is 0. The highest BCUT2D eigenvalue weighted by molar-refractivity contribution is 15.0. The van der Waals surface area contributed by atoms with Crippen LogP contribution in [0.1, 0.15) is 0 Å². The molecule has 0 fully saturated rings. The summed E-state index contributed by atoms with van der Waals surface area (Å²) in [6.45, 7) is 0. The third kappa shape index (κ3) is 9.93. The maximum absolute atomic E-state index is 7.00. The van der Waals surface area contributed by atoms with E-state index >= 15 is 0 Å². The molecule has 0 atom stereocenters. The Balaban J connectivity index is 0. The van der Waals surface area contributed by atoms with Gasteiger partial charge < -0.3 is 5.11 Å². The molecule has 0 aliphatic carbocycles. The topological polar surface area (TPSA) is 20.2 Å². The second-order valence-electron chi connectivity index (χ2n) is 0. The van der Waals surface area contributed by atoms with Crippen LogP contribution in [0.25, 0.3) is 0 Å². The van der Waals surface area contributed by atoms with Crippen molar-refractivity contribution in [3.63, 3.8) is 0 Å². The first-order chi connectivity index (χ1) is 2.00. The van der Waals surface area contributed by atoms with E-state index in [1.807, 2.05) is 0 Å². The van der Waals surface area contributed by atoms with Crippen LogP contribution in [0.15, 0.2) is 0 Å². The summed E-state index contributed by atoms with van der Waals surface area (Å²) in [6.07, 6.45) is 0. The Morgan fingerprint density at radius 2 is 1.25 bits per heavy atom. The van der Waals surface area contributed by atoms with Crippen LogP contribution in [0.4, 0.5) is 0 Å². The van der Waals surface area contributed by atoms with Gasteiger partial charge in [0.25, 0.3) is 0 Å². The smallest absolute Gasteiger partial charge is 0.0319 e. The number of aliphatic hydroxyl groups is 1. The average molecular weight is 286 g/mol. The molecule has 0 aromatic rings. The van der Waals surface area contributed by atoms with E-state index in [0.29, 0.717) is 0 Å². The first-order valence-corrected chi connectivity index (χ1v) is 6.88. The van der Waals surface area contributed by atoms with Crippen LogP contribution in [0.3, 0.4) is 0 Å². The van der Waals surface area contributed by atoms with E-state index in [1.54, 1.807) is 0 Å². The molecule has 0 radical (unpaired) electrons. The lowest BCUT2D eigenvalue weighted by Crippen LogP contribution is -1.25. The predicted octanol–water partition coefficient (Wildman–Crippen LogP) is 1.38. The SMILES string of the molecule is CO.II. The standard InChI is InChI=1S/CH4O.I2/c2*1-2/h2H,1H3;. The molecule has 0 bridgehead atoms. The van der Waals surface area contributed by atoms with Crippen molar-refractivity contribution in [3.05, 3.63) is 0 Å². The van der Waals surface area contributed by atoms with Gasteiger partial charge in [0.1, 0.15) is 0 Å². The van der Waals surface area contributed by atoms with Gasteiger partial charge in [0.05, 0.1) is 0 Å². The van der Waals surface area contributed by atoms with Crippen LogP contribution in [-0.4, -0.2) is 12.2 Å². The molecule has 0 heterocycles. The van der Waals surface area contributed by atoms with Crippen molar-refractivity contribution in [2.45, 2.75) is 0 Å². The number of aliphatic hydroxyl groups excluding tert-OH is 1. The minimum atomic E-state index is 1.00. The summed E-state index contributed by atoms with van der Waals surface area (Å²) in [5, 5.41) is 7.00. The van der Waals surface area contributed by atoms with Crippen molar-refractivity contribution in [3.8, 4) is 0 Å². The predicted molar refractivity (Wildman–Crippen MR) is 36.2 cm³/mol. The maximum Gasteiger partial charge on any atom is 0.0319 e. The van der Waals surface area contributed by atoms with Crippen molar-refractivity contribution >= 4 is 37.2 Å². The lowest BCUT2D eigenvalue weighted by atomic mass is 11.8. The van der Waals surface area contributed by atoms with Crippen LogP contribution in [0.5, 0.6) is 0 Å². The molecular weight excluding hydrogens is 282 g/mol. The fourth-order valence-corrected chi connectivity index (χ4v) is 0. The van der Waals surface area contributed by atoms with Gasteiger partial charge in [0.2, 0.25) is 0 Å². The summed E-state index contributed by atoms with van der Waals surface area (Å²) >= 11 is 4.24. The molecule has 0 saturated heterocycles. The highest BCUT2D eigenvalue weighted by Crippen LogP contribution is 1.89. The second-order valence-corrected chi connectivity index (χ2v) is 0. The molecular formula is CH4I2O. The van der Waals surface area contributed by atoms with Crippen LogP contribution in [0.2, 0.25) is 0 Å². The summed E-state index contributed by atoms with van der Waals surface area (Å²) in [5.74, 6) is 0. The van der Waals surface area contributed by atoms with Crippen molar-refractivity contribution in [2.75, 3.05) is 7.11 Å². The molecule has 1 N–H and O–H groups in total. The molecule has 0 aliphatic heterocycles. The summed E-state index contributed by atoms with van der Waals surface area (Å²) in [7, 11) is 1.00. The number of hydrogen-bond donors (Lipinski definition) is 1. The Morgan fingerprint density at radius 1 is 1.25 bits per heavy atom. The lowest BCUT2D eigenvalue weighted by molar-refractivity contribution is 0.399. The molecule has 28 valence electrons. The molecule has 0 saturated carbocycles. The molecule has 3 heteroatoms. The van der Waals surface area contributed by atoms with Crippen LogP contribution < -0.4 is 0 Å². The van der Waals surface area contributed by atoms with Crippen LogP contribution >= 0.6 is 37.2 Å². The van der Waals surface area contributed by atoms with Gasteiger partial charge in [0.15, 0.2) is 0 Å². The van der Waals surface area contributed by atoms with Gasteiger partial charge in [-0.2, -0.15) is 0 Å². The average Bonchev–Trinajstić information content (AvgIpc) is 1.50. The summed E-state index contributed by atoms with van der Waals surface area (Å²) in [5.41, 5.74) is 0. The van der Waals surface area contributed by atoms with E-state index in [2.05, 4.69) is 37.2 Å². The first kappa shape index (κ1) is 9.05. The first-order valence-electron chi connectivity index (χ1n) is 0.590. The molecule has 4 heavy (non-hydrogen) atoms. The highest BCUT2D eigenvalue weighted by Gasteiger charge is 1.00. The fraction of sp³-hybridized carbons (Fsp3) is 1.00. The zero-order valence-electron chi connectivity index (χ0n) is 2.20. The third-order valence-electron chi connectivity index (χ3n) is 0. The number of hydrogen-bond acceptors (Lipinski definition) is 1. The Morgan fingerprint density at radius 3 is 1.25 bits per heavy atom. The number of halogens is 2. The summed E-state index contributed by atoms with van der Waals surface area (Å²) in [4.78, 5) is 0. The molecule has 0 rings (SSSR count). The highest BCUT2D eigenvalue weighted by atomic mass is 128. The Hall–Kier alpha value is 1.42. The van der Waals surface area contributed by atoms with E-state index in [0.717, 1.165) is 7.11 Å². The minimum absolute atomic E-state index is 1.00. The van der Waals surface area contributed by atoms with E-state index in [1.165, 1.54) is 0 Å². The second kappa shape index (κ2) is 25.6. The summed E-state index contributed by atoms with van der Waals surface area (Å²) < 4.78 is 0. The van der Waals surface area contributed by atoms with Gasteiger partial charge in [-0.3, -0.25) is 0 Å². The van der Waals surface area contributed by atoms with Gasteiger partial charge in [-0.15, -0.1) is 0 Å². The van der Waals surface area contributed by atoms with Gasteiger partial charge in [-0.1, -0.05) is 0 Å². The molecule has 0 spiro atoms. The van der Waals surface area contributed by atoms with Gasteiger partial charge in [-0.25, -0.2) is 0 Å². The van der Waals surface area contributed by atoms with Gasteiger partial charge in [0, 0.05) is 44.3 Å². The minimum Gasteiger partial charge on any atom is -0.400 e. The van der Waals surface area contributed by atoms with Crippen LogP contribution in [-0.2, 0) is 0 Å². The van der Waals surface area contributed by atoms with Crippen molar-refractivity contribution in [1.29, 1.82) is 0 Å². The van der Waals surface area contributed by atoms with E-state index in [9.17, 15) is 0 Å². The number of rotatable bonds is 0. The van der Waals surface area contributed by atoms with Crippen LogP contribution in [0, 0.1) is 0 Å². The lowest BCUT2D eigenvalue weighted by Gasteiger charge is -1.21. The molecule has 0 aromatic heterocycles. The Bertz CT molecular complexity index is 6.00. The largest absolute Gasteiger partial charge is 0.400 e. The zero-order valence-corrected chi connectivity index (χ0v) is 6.52. The van der Waals surface area contributed by atoms with E-state index < -0.39 is 0 Å². The third-order valence-corrected chi connectivity index (χ3v) is 0. The van der Waals surface area contributed by atoms with Crippen molar-refractivity contribution in [2.24, 2.45) is 0 Å². The van der Waals surface area contributed by atoms with Crippen molar-refractivity contribution in [1.82, 2.24) is 0 Å². The molecule has 1 nitrogen and oxygen atoms in total. The molecule has 0 unspecified atom stereocenters. The van der Waals surface area contributed by atoms with E-state index in [-0.39, 0.29) is 0 Å². The monoisotopic (exact) mass is 286 g/mol. The normalized spacial score (nSPS) is 3.00. The summed E-state index contributed by atoms with van der Waals surface area (Å²) in [6, 6.07) is 0. The Labute approximate surface area is 49.1 Å². The van der Waals surface area contributed by atoms with Crippen molar-refractivity contribution < 1.29 is 5.11 Å². The molecule has 0 amide bonds. The molecule has 0 aliphatic rings. The Kier molecular flexibility index (Phi) is 58.0. The van der Waals surface area contributed by atoms with Gasteiger partial charge >= 0.3 is 0 Å². The quantitative estimate of drug-likeness (QED) is 0.667. The molecule has 0 aromatic carbocycles. The maximum atomic E-state index is 7.00.